The fourth-order valence-corrected chi connectivity index (χ4v) is 3.11. The molecule has 0 amide bonds. The first-order chi connectivity index (χ1) is 13.0. The van der Waals surface area contributed by atoms with Crippen molar-refractivity contribution < 1.29 is 27.2 Å². The highest BCUT2D eigenvalue weighted by atomic mass is 28.3. The smallest absolute Gasteiger partial charge is 0.463 e. The lowest BCUT2D eigenvalue weighted by Crippen LogP contribution is -2.21. The molecule has 1 rings (SSSR count). The third-order valence-electron chi connectivity index (χ3n) is 3.30. The number of ether oxygens (including phenoxy) is 1. The average molecular weight is 417 g/mol. The van der Waals surface area contributed by atoms with E-state index in [0.717, 1.165) is 19.1 Å². The van der Waals surface area contributed by atoms with Gasteiger partial charge in [0.25, 0.3) is 0 Å². The number of carbonyl (C=O) groups is 1. The molecule has 0 atom stereocenters. The lowest BCUT2D eigenvalue weighted by atomic mass is 10.1. The topological polar surface area (TPSA) is 63.2 Å². The van der Waals surface area contributed by atoms with Crippen LogP contribution >= 0.6 is 0 Å². The minimum absolute atomic E-state index is 0.340. The Bertz CT molecular complexity index is 455. The fourth-order valence-electron chi connectivity index (χ4n) is 1.63. The van der Waals surface area contributed by atoms with Crippen molar-refractivity contribution in [2.45, 2.75) is 33.2 Å². The van der Waals surface area contributed by atoms with Gasteiger partial charge >= 0.3 is 15.5 Å². The summed E-state index contributed by atoms with van der Waals surface area (Å²) in [6, 6.07) is 9.42. The van der Waals surface area contributed by atoms with Crippen LogP contribution in [-0.2, 0) is 27.2 Å². The van der Waals surface area contributed by atoms with Gasteiger partial charge in [0, 0.05) is 34.0 Å². The lowest BCUT2D eigenvalue weighted by molar-refractivity contribution is -0.137. The molecule has 0 aliphatic rings. The maximum Gasteiger partial charge on any atom is 0.483 e. The van der Waals surface area contributed by atoms with Crippen LogP contribution < -0.4 is 0 Å². The van der Waals surface area contributed by atoms with E-state index in [-0.39, 0.29) is 15.7 Å². The Labute approximate surface area is 168 Å². The summed E-state index contributed by atoms with van der Waals surface area (Å²) < 4.78 is 24.3. The molecule has 0 fully saturated rings. The summed E-state index contributed by atoms with van der Waals surface area (Å²) in [4.78, 5) is 10.5. The van der Waals surface area contributed by atoms with Gasteiger partial charge in [-0.05, 0) is 44.4 Å². The monoisotopic (exact) mass is 416 g/mol. The van der Waals surface area contributed by atoms with Gasteiger partial charge in [-0.1, -0.05) is 30.8 Å². The molecular weight excluding hydrogens is 380 g/mol. The first-order valence-electron chi connectivity index (χ1n) is 8.94. The number of carbonyl (C=O) groups excluding carboxylic acids is 1. The van der Waals surface area contributed by atoms with Gasteiger partial charge in [0.05, 0.1) is 6.61 Å². The van der Waals surface area contributed by atoms with Crippen molar-refractivity contribution in [3.8, 4) is 0 Å². The van der Waals surface area contributed by atoms with E-state index >= 15 is 0 Å². The molecule has 0 bridgehead atoms. The van der Waals surface area contributed by atoms with E-state index in [0.29, 0.717) is 6.61 Å². The molecule has 1 aromatic carbocycles. The minimum Gasteiger partial charge on any atom is -0.463 e. The molecule has 156 valence electrons. The Morgan fingerprint density at radius 3 is 1.96 bits per heavy atom. The van der Waals surface area contributed by atoms with E-state index in [9.17, 15) is 4.79 Å². The Hall–Kier alpha value is -1.30. The van der Waals surface area contributed by atoms with Crippen molar-refractivity contribution in [2.75, 3.05) is 34.5 Å². The molecule has 0 aliphatic carbocycles. The van der Waals surface area contributed by atoms with Crippen LogP contribution in [0.4, 0.5) is 0 Å². The van der Waals surface area contributed by atoms with Crippen molar-refractivity contribution in [3.63, 3.8) is 0 Å². The molecule has 0 spiro atoms. The molecule has 0 saturated heterocycles. The second-order valence-corrected chi connectivity index (χ2v) is 8.87. The number of rotatable bonds is 10. The number of benzene rings is 1. The predicted octanol–water partition coefficient (Wildman–Crippen LogP) is 2.59. The molecular formula is C19H36O6Si2. The van der Waals surface area contributed by atoms with Crippen molar-refractivity contribution in [2.24, 2.45) is 0 Å². The summed E-state index contributed by atoms with van der Waals surface area (Å²) in [5, 5.41) is 0. The molecule has 0 unspecified atom stereocenters. The molecule has 0 radical (unpaired) electrons. The van der Waals surface area contributed by atoms with Crippen LogP contribution in [0.3, 0.4) is 0 Å². The van der Waals surface area contributed by atoms with E-state index in [2.05, 4.69) is 44.7 Å². The van der Waals surface area contributed by atoms with Gasteiger partial charge in [-0.15, -0.1) is 0 Å². The van der Waals surface area contributed by atoms with E-state index in [4.69, 9.17) is 22.4 Å². The molecule has 27 heavy (non-hydrogen) atoms. The quantitative estimate of drug-likeness (QED) is 0.253. The van der Waals surface area contributed by atoms with E-state index in [1.165, 1.54) is 17.2 Å². The average Bonchev–Trinajstić information content (AvgIpc) is 2.69. The minimum atomic E-state index is -1.67. The van der Waals surface area contributed by atoms with Gasteiger partial charge in [-0.25, -0.2) is 4.79 Å². The van der Waals surface area contributed by atoms with Crippen LogP contribution in [0.1, 0.15) is 24.5 Å². The summed E-state index contributed by atoms with van der Waals surface area (Å²) in [7, 11) is 2.69. The van der Waals surface area contributed by atoms with Gasteiger partial charge in [0.2, 0.25) is 0 Å². The Kier molecular flexibility index (Phi) is 21.7. The Morgan fingerprint density at radius 1 is 1.11 bits per heavy atom. The number of hydrogen-bond acceptors (Lipinski definition) is 6. The second kappa shape index (κ2) is 21.0. The Balaban J connectivity index is 0. The summed E-state index contributed by atoms with van der Waals surface area (Å²) >= 11 is 0. The Morgan fingerprint density at radius 2 is 1.63 bits per heavy atom. The van der Waals surface area contributed by atoms with Gasteiger partial charge in [0.15, 0.2) is 9.76 Å². The van der Waals surface area contributed by atoms with E-state index < -0.39 is 9.53 Å². The van der Waals surface area contributed by atoms with Crippen molar-refractivity contribution in [1.82, 2.24) is 0 Å². The highest BCUT2D eigenvalue weighted by molar-refractivity contribution is 6.36. The number of esters is 1. The number of aryl methyl sites for hydroxylation is 2. The first-order valence-corrected chi connectivity index (χ1v) is 11.9. The van der Waals surface area contributed by atoms with Crippen LogP contribution in [0, 0.1) is 13.8 Å². The highest BCUT2D eigenvalue weighted by Gasteiger charge is 2.05. The summed E-state index contributed by atoms with van der Waals surface area (Å²) in [5.41, 5.74) is 2.74. The maximum atomic E-state index is 10.5. The maximum absolute atomic E-state index is 10.5. The zero-order valence-electron chi connectivity index (χ0n) is 17.7. The SMILES string of the molecule is C=CC(=O)OCCC[SiH2]OCC.CO[SiH](OC)OC.Cc1ccccc1C. The zero-order chi connectivity index (χ0) is 20.9. The normalized spacial score (nSPS) is 10.0. The third kappa shape index (κ3) is 19.3. The van der Waals surface area contributed by atoms with Crippen LogP contribution in [0.25, 0.3) is 0 Å². The van der Waals surface area contributed by atoms with Gasteiger partial charge in [-0.2, -0.15) is 0 Å². The van der Waals surface area contributed by atoms with Crippen LogP contribution in [0.2, 0.25) is 6.04 Å². The molecule has 0 aromatic heterocycles. The van der Waals surface area contributed by atoms with Gasteiger partial charge in [-0.3, -0.25) is 0 Å². The molecule has 8 heteroatoms. The van der Waals surface area contributed by atoms with Crippen molar-refractivity contribution >= 4 is 25.3 Å². The van der Waals surface area contributed by atoms with Crippen molar-refractivity contribution in [1.29, 1.82) is 0 Å². The highest BCUT2D eigenvalue weighted by Crippen LogP contribution is 2.02. The predicted molar refractivity (Wildman–Crippen MR) is 115 cm³/mol. The lowest BCUT2D eigenvalue weighted by Gasteiger charge is -2.05. The van der Waals surface area contributed by atoms with Crippen molar-refractivity contribution in [3.05, 3.63) is 48.0 Å². The molecule has 0 saturated carbocycles. The van der Waals surface area contributed by atoms with E-state index in [1.54, 1.807) is 21.3 Å². The molecule has 0 aliphatic heterocycles. The van der Waals surface area contributed by atoms with E-state index in [1.807, 2.05) is 6.92 Å². The fraction of sp³-hybridized carbons (Fsp3) is 0.526. The van der Waals surface area contributed by atoms with Gasteiger partial charge in [0.1, 0.15) is 0 Å². The molecule has 0 N–H and O–H groups in total. The molecule has 6 nitrogen and oxygen atoms in total. The zero-order valence-corrected chi connectivity index (χ0v) is 20.2. The molecule has 1 aromatic rings. The standard InChI is InChI=1S/C8H16O3Si.C8H10.C3H10O3Si/c1-3-8(9)10-6-5-7-12-11-4-2;1-7-5-3-4-6-8(7)2;1-4-7(5-2)6-3/h3H,1,4-7,12H2,2H3;3-6H,1-2H3;7H,1-3H3. The third-order valence-corrected chi connectivity index (χ3v) is 5.94. The summed E-state index contributed by atoms with van der Waals surface area (Å²) in [6.45, 7) is 10.8. The molecule has 0 heterocycles. The summed E-state index contributed by atoms with van der Waals surface area (Å²) in [6.07, 6.45) is 2.09. The van der Waals surface area contributed by atoms with Crippen LogP contribution in [-0.4, -0.2) is 59.8 Å². The largest absolute Gasteiger partial charge is 0.483 e. The van der Waals surface area contributed by atoms with Crippen LogP contribution in [0.15, 0.2) is 36.9 Å². The van der Waals surface area contributed by atoms with Crippen LogP contribution in [0.5, 0.6) is 0 Å². The second-order valence-electron chi connectivity index (χ2n) is 5.36. The van der Waals surface area contributed by atoms with Gasteiger partial charge < -0.3 is 22.4 Å². The summed E-state index contributed by atoms with van der Waals surface area (Å²) in [5.74, 6) is -0.340. The number of hydrogen-bond donors (Lipinski definition) is 0. The first kappa shape index (κ1) is 27.9.